The van der Waals surface area contributed by atoms with Crippen molar-refractivity contribution in [2.24, 2.45) is 5.41 Å². The van der Waals surface area contributed by atoms with Crippen LogP contribution in [0.3, 0.4) is 0 Å². The maximum absolute atomic E-state index is 3.38. The van der Waals surface area contributed by atoms with E-state index in [1.54, 1.807) is 0 Å². The quantitative estimate of drug-likeness (QED) is 0.600. The third-order valence-electron chi connectivity index (χ3n) is 2.50. The first-order chi connectivity index (χ1) is 5.27. The van der Waals surface area contributed by atoms with Crippen LogP contribution in [0.2, 0.25) is 0 Å². The largest absolute Gasteiger partial charge is 0.317 e. The summed E-state index contributed by atoms with van der Waals surface area (Å²) in [6.45, 7) is 6.93. The van der Waals surface area contributed by atoms with Gasteiger partial charge in [0.05, 0.1) is 0 Å². The van der Waals surface area contributed by atoms with Gasteiger partial charge in [-0.3, -0.25) is 0 Å². The zero-order valence-corrected chi connectivity index (χ0v) is 7.69. The van der Waals surface area contributed by atoms with Crippen LogP contribution >= 0.6 is 0 Å². The molecule has 1 heteroatoms. The van der Waals surface area contributed by atoms with Gasteiger partial charge in [0, 0.05) is 0 Å². The summed E-state index contributed by atoms with van der Waals surface area (Å²) in [4.78, 5) is 0. The fourth-order valence-corrected chi connectivity index (χ4v) is 1.57. The van der Waals surface area contributed by atoms with Gasteiger partial charge in [0.1, 0.15) is 0 Å². The molecule has 0 aromatic rings. The summed E-state index contributed by atoms with van der Waals surface area (Å²) >= 11 is 0. The van der Waals surface area contributed by atoms with Crippen molar-refractivity contribution in [3.05, 3.63) is 12.2 Å². The standard InChI is InChI=1S/C10H19N/c1-3-4-5-10(2)6-8-11-9-7-10/h4-5,11H,3,6-9H2,1-2H3/b5-4+. The van der Waals surface area contributed by atoms with E-state index in [1.165, 1.54) is 32.4 Å². The molecule has 1 nitrogen and oxygen atoms in total. The Hall–Kier alpha value is -0.300. The second-order valence-electron chi connectivity index (χ2n) is 3.71. The Labute approximate surface area is 69.9 Å². The van der Waals surface area contributed by atoms with Crippen molar-refractivity contribution in [1.82, 2.24) is 5.32 Å². The molecule has 1 aliphatic rings. The predicted octanol–water partition coefficient (Wildman–Crippen LogP) is 2.34. The van der Waals surface area contributed by atoms with Crippen molar-refractivity contribution >= 4 is 0 Å². The molecule has 0 unspecified atom stereocenters. The van der Waals surface area contributed by atoms with Gasteiger partial charge in [-0.25, -0.2) is 0 Å². The molecular weight excluding hydrogens is 134 g/mol. The molecule has 1 heterocycles. The Balaban J connectivity index is 2.43. The highest BCUT2D eigenvalue weighted by molar-refractivity contribution is 4.99. The van der Waals surface area contributed by atoms with Crippen molar-refractivity contribution in [2.45, 2.75) is 33.1 Å². The maximum Gasteiger partial charge on any atom is -0.00407 e. The number of nitrogens with one attached hydrogen (secondary N) is 1. The summed E-state index contributed by atoms with van der Waals surface area (Å²) in [7, 11) is 0. The maximum atomic E-state index is 3.38. The van der Waals surface area contributed by atoms with Gasteiger partial charge in [0.25, 0.3) is 0 Å². The third kappa shape index (κ3) is 2.66. The molecule has 0 spiro atoms. The number of piperidine rings is 1. The minimum absolute atomic E-state index is 0.487. The molecule has 1 rings (SSSR count). The van der Waals surface area contributed by atoms with E-state index in [4.69, 9.17) is 0 Å². The van der Waals surface area contributed by atoms with Crippen molar-refractivity contribution in [3.63, 3.8) is 0 Å². The topological polar surface area (TPSA) is 12.0 Å². The SMILES string of the molecule is CC/C=C/C1(C)CCNCC1. The van der Waals surface area contributed by atoms with E-state index in [-0.39, 0.29) is 0 Å². The van der Waals surface area contributed by atoms with Gasteiger partial charge >= 0.3 is 0 Å². The minimum atomic E-state index is 0.487. The smallest absolute Gasteiger partial charge is 0.00407 e. The van der Waals surface area contributed by atoms with Gasteiger partial charge in [-0.05, 0) is 37.8 Å². The van der Waals surface area contributed by atoms with Crippen LogP contribution in [0.5, 0.6) is 0 Å². The van der Waals surface area contributed by atoms with Crippen LogP contribution in [0, 0.1) is 5.41 Å². The van der Waals surface area contributed by atoms with E-state index < -0.39 is 0 Å². The van der Waals surface area contributed by atoms with Crippen LogP contribution < -0.4 is 5.32 Å². The first kappa shape index (κ1) is 8.79. The number of hydrogen-bond donors (Lipinski definition) is 1. The molecule has 1 aliphatic heterocycles. The van der Waals surface area contributed by atoms with Crippen LogP contribution in [-0.2, 0) is 0 Å². The fourth-order valence-electron chi connectivity index (χ4n) is 1.57. The lowest BCUT2D eigenvalue weighted by atomic mass is 9.81. The highest BCUT2D eigenvalue weighted by Crippen LogP contribution is 2.29. The van der Waals surface area contributed by atoms with Crippen LogP contribution in [0.25, 0.3) is 0 Å². The monoisotopic (exact) mass is 153 g/mol. The highest BCUT2D eigenvalue weighted by Gasteiger charge is 2.22. The first-order valence-corrected chi connectivity index (χ1v) is 4.65. The molecule has 11 heavy (non-hydrogen) atoms. The Morgan fingerprint density at radius 2 is 2.00 bits per heavy atom. The van der Waals surface area contributed by atoms with Gasteiger partial charge in [0.15, 0.2) is 0 Å². The Kier molecular flexibility index (Phi) is 3.13. The molecule has 0 saturated carbocycles. The summed E-state index contributed by atoms with van der Waals surface area (Å²) < 4.78 is 0. The molecule has 0 radical (unpaired) electrons. The van der Waals surface area contributed by atoms with Gasteiger partial charge in [-0.1, -0.05) is 26.0 Å². The minimum Gasteiger partial charge on any atom is -0.317 e. The molecule has 0 aromatic carbocycles. The van der Waals surface area contributed by atoms with Gasteiger partial charge in [-0.15, -0.1) is 0 Å². The Bertz CT molecular complexity index is 132. The molecule has 0 amide bonds. The zero-order valence-electron chi connectivity index (χ0n) is 7.69. The summed E-state index contributed by atoms with van der Waals surface area (Å²) in [5.74, 6) is 0. The molecule has 64 valence electrons. The van der Waals surface area contributed by atoms with Crippen LogP contribution in [0.4, 0.5) is 0 Å². The molecule has 1 N–H and O–H groups in total. The van der Waals surface area contributed by atoms with Crippen LogP contribution in [-0.4, -0.2) is 13.1 Å². The van der Waals surface area contributed by atoms with E-state index in [9.17, 15) is 0 Å². The average Bonchev–Trinajstić information content (AvgIpc) is 2.03. The molecule has 1 fully saturated rings. The van der Waals surface area contributed by atoms with Crippen molar-refractivity contribution in [2.75, 3.05) is 13.1 Å². The van der Waals surface area contributed by atoms with Crippen molar-refractivity contribution in [3.8, 4) is 0 Å². The summed E-state index contributed by atoms with van der Waals surface area (Å²) in [6.07, 6.45) is 8.45. The Morgan fingerprint density at radius 3 is 2.55 bits per heavy atom. The second kappa shape index (κ2) is 3.91. The second-order valence-corrected chi connectivity index (χ2v) is 3.71. The van der Waals surface area contributed by atoms with E-state index in [0.29, 0.717) is 5.41 Å². The summed E-state index contributed by atoms with van der Waals surface area (Å²) in [5, 5.41) is 3.38. The van der Waals surface area contributed by atoms with Crippen LogP contribution in [0.15, 0.2) is 12.2 Å². The summed E-state index contributed by atoms with van der Waals surface area (Å²) in [5.41, 5.74) is 0.487. The molecule has 0 aromatic heterocycles. The van der Waals surface area contributed by atoms with E-state index in [1.807, 2.05) is 0 Å². The number of hydrogen-bond acceptors (Lipinski definition) is 1. The third-order valence-corrected chi connectivity index (χ3v) is 2.50. The molecule has 1 saturated heterocycles. The lowest BCUT2D eigenvalue weighted by Gasteiger charge is -2.30. The van der Waals surface area contributed by atoms with E-state index >= 15 is 0 Å². The first-order valence-electron chi connectivity index (χ1n) is 4.65. The number of allylic oxidation sites excluding steroid dienone is 2. The normalized spacial score (nSPS) is 24.2. The van der Waals surface area contributed by atoms with Gasteiger partial charge in [-0.2, -0.15) is 0 Å². The highest BCUT2D eigenvalue weighted by atomic mass is 14.9. The summed E-state index contributed by atoms with van der Waals surface area (Å²) in [6, 6.07) is 0. The fraction of sp³-hybridized carbons (Fsp3) is 0.800. The lowest BCUT2D eigenvalue weighted by Crippen LogP contribution is -2.33. The average molecular weight is 153 g/mol. The number of rotatable bonds is 2. The van der Waals surface area contributed by atoms with Gasteiger partial charge in [0.2, 0.25) is 0 Å². The molecule has 0 bridgehead atoms. The zero-order chi connectivity index (χ0) is 8.16. The molecule has 0 atom stereocenters. The Morgan fingerprint density at radius 1 is 1.36 bits per heavy atom. The van der Waals surface area contributed by atoms with Crippen molar-refractivity contribution in [1.29, 1.82) is 0 Å². The lowest BCUT2D eigenvalue weighted by molar-refractivity contribution is 0.301. The predicted molar refractivity (Wildman–Crippen MR) is 49.6 cm³/mol. The van der Waals surface area contributed by atoms with E-state index in [0.717, 1.165) is 0 Å². The molecular formula is C10H19N. The van der Waals surface area contributed by atoms with E-state index in [2.05, 4.69) is 31.3 Å². The molecule has 0 aliphatic carbocycles. The van der Waals surface area contributed by atoms with Crippen LogP contribution in [0.1, 0.15) is 33.1 Å². The van der Waals surface area contributed by atoms with Gasteiger partial charge < -0.3 is 5.32 Å². The van der Waals surface area contributed by atoms with Crippen molar-refractivity contribution < 1.29 is 0 Å².